The lowest BCUT2D eigenvalue weighted by Crippen LogP contribution is -2.48. The summed E-state index contributed by atoms with van der Waals surface area (Å²) in [6.07, 6.45) is 6.13. The standard InChI is InChI=1S/C17H26N2O4/c20-14-7-1-2-8-15(14)23-16(21)13-6-5-11-19(12-13)17(22)18-9-3-4-10-18/h13,15H,1-12H2. The number of ketones is 1. The molecule has 3 rings (SSSR count). The van der Waals surface area contributed by atoms with E-state index in [1.54, 1.807) is 4.90 Å². The van der Waals surface area contributed by atoms with Gasteiger partial charge in [0.15, 0.2) is 11.9 Å². The number of likely N-dealkylation sites (tertiary alicyclic amines) is 2. The van der Waals surface area contributed by atoms with Crippen LogP contribution in [0.3, 0.4) is 0 Å². The minimum absolute atomic E-state index is 0.0467. The molecule has 2 atom stereocenters. The number of ether oxygens (including phenoxy) is 1. The Morgan fingerprint density at radius 3 is 2.39 bits per heavy atom. The summed E-state index contributed by atoms with van der Waals surface area (Å²) in [6, 6.07) is 0.0498. The van der Waals surface area contributed by atoms with Crippen molar-refractivity contribution in [1.82, 2.24) is 9.80 Å². The molecule has 2 aliphatic heterocycles. The van der Waals surface area contributed by atoms with Gasteiger partial charge < -0.3 is 14.5 Å². The molecule has 0 bridgehead atoms. The Bertz CT molecular complexity index is 473. The summed E-state index contributed by atoms with van der Waals surface area (Å²) in [5.41, 5.74) is 0. The third-order valence-electron chi connectivity index (χ3n) is 5.16. The van der Waals surface area contributed by atoms with E-state index in [0.29, 0.717) is 25.9 Å². The molecule has 3 aliphatic rings. The lowest BCUT2D eigenvalue weighted by molar-refractivity contribution is -0.162. The molecule has 0 aromatic heterocycles. The summed E-state index contributed by atoms with van der Waals surface area (Å²) in [4.78, 5) is 40.3. The first-order valence-electron chi connectivity index (χ1n) is 8.92. The van der Waals surface area contributed by atoms with Crippen LogP contribution in [0, 0.1) is 5.92 Å². The maximum Gasteiger partial charge on any atom is 0.320 e. The molecule has 2 saturated heterocycles. The van der Waals surface area contributed by atoms with Gasteiger partial charge in [-0.2, -0.15) is 0 Å². The molecule has 0 N–H and O–H groups in total. The summed E-state index contributed by atoms with van der Waals surface area (Å²) >= 11 is 0. The molecular weight excluding hydrogens is 296 g/mol. The lowest BCUT2D eigenvalue weighted by atomic mass is 9.95. The number of urea groups is 1. The molecule has 3 fully saturated rings. The van der Waals surface area contributed by atoms with E-state index in [2.05, 4.69) is 0 Å². The average molecular weight is 322 g/mol. The Balaban J connectivity index is 1.53. The zero-order chi connectivity index (χ0) is 16.2. The first-order valence-corrected chi connectivity index (χ1v) is 8.92. The first kappa shape index (κ1) is 16.3. The summed E-state index contributed by atoms with van der Waals surface area (Å²) in [7, 11) is 0. The van der Waals surface area contributed by atoms with Crippen LogP contribution in [-0.4, -0.2) is 59.9 Å². The van der Waals surface area contributed by atoms with Crippen LogP contribution in [0.2, 0.25) is 0 Å². The van der Waals surface area contributed by atoms with Crippen LogP contribution in [0.1, 0.15) is 51.4 Å². The number of hydrogen-bond acceptors (Lipinski definition) is 4. The van der Waals surface area contributed by atoms with E-state index in [4.69, 9.17) is 4.74 Å². The Morgan fingerprint density at radius 2 is 1.65 bits per heavy atom. The quantitative estimate of drug-likeness (QED) is 0.729. The maximum atomic E-state index is 12.5. The highest BCUT2D eigenvalue weighted by Crippen LogP contribution is 2.23. The van der Waals surface area contributed by atoms with Crippen LogP contribution < -0.4 is 0 Å². The molecule has 6 nitrogen and oxygen atoms in total. The van der Waals surface area contributed by atoms with E-state index in [1.165, 1.54) is 0 Å². The van der Waals surface area contributed by atoms with Crippen molar-refractivity contribution in [2.75, 3.05) is 26.2 Å². The lowest BCUT2D eigenvalue weighted by Gasteiger charge is -2.34. The normalized spacial score (nSPS) is 28.8. The summed E-state index contributed by atoms with van der Waals surface area (Å²) < 4.78 is 5.46. The smallest absolute Gasteiger partial charge is 0.320 e. The van der Waals surface area contributed by atoms with Crippen LogP contribution in [0.15, 0.2) is 0 Å². The van der Waals surface area contributed by atoms with Crippen LogP contribution in [-0.2, 0) is 14.3 Å². The molecule has 0 aromatic rings. The number of piperidine rings is 1. The number of Topliss-reactive ketones (excluding diaryl/α,β-unsaturated/α-hetero) is 1. The van der Waals surface area contributed by atoms with Crippen molar-refractivity contribution in [3.63, 3.8) is 0 Å². The number of carbonyl (C=O) groups excluding carboxylic acids is 3. The van der Waals surface area contributed by atoms with Gasteiger partial charge in [0.25, 0.3) is 0 Å². The van der Waals surface area contributed by atoms with Crippen molar-refractivity contribution in [3.05, 3.63) is 0 Å². The molecule has 128 valence electrons. The zero-order valence-electron chi connectivity index (χ0n) is 13.7. The second-order valence-electron chi connectivity index (χ2n) is 6.90. The molecule has 2 amide bonds. The minimum Gasteiger partial charge on any atom is -0.454 e. The molecule has 2 unspecified atom stereocenters. The third kappa shape index (κ3) is 3.85. The summed E-state index contributed by atoms with van der Waals surface area (Å²) in [6.45, 7) is 2.78. The van der Waals surface area contributed by atoms with Crippen molar-refractivity contribution < 1.29 is 19.1 Å². The van der Waals surface area contributed by atoms with Gasteiger partial charge in [0, 0.05) is 32.6 Å². The molecule has 1 aliphatic carbocycles. The van der Waals surface area contributed by atoms with Crippen molar-refractivity contribution in [3.8, 4) is 0 Å². The van der Waals surface area contributed by atoms with Crippen LogP contribution in [0.5, 0.6) is 0 Å². The summed E-state index contributed by atoms with van der Waals surface area (Å²) in [5, 5.41) is 0. The van der Waals surface area contributed by atoms with Gasteiger partial charge >= 0.3 is 12.0 Å². The third-order valence-corrected chi connectivity index (χ3v) is 5.16. The molecule has 1 saturated carbocycles. The van der Waals surface area contributed by atoms with E-state index in [1.807, 2.05) is 4.90 Å². The van der Waals surface area contributed by atoms with Crippen molar-refractivity contribution in [2.45, 2.75) is 57.5 Å². The molecule has 0 aromatic carbocycles. The summed E-state index contributed by atoms with van der Waals surface area (Å²) in [5.74, 6) is -0.542. The van der Waals surface area contributed by atoms with Crippen molar-refractivity contribution in [2.24, 2.45) is 5.92 Å². The van der Waals surface area contributed by atoms with Gasteiger partial charge in [-0.1, -0.05) is 0 Å². The number of amides is 2. The van der Waals surface area contributed by atoms with Crippen molar-refractivity contribution in [1.29, 1.82) is 0 Å². The van der Waals surface area contributed by atoms with Gasteiger partial charge in [-0.3, -0.25) is 9.59 Å². The monoisotopic (exact) mass is 322 g/mol. The largest absolute Gasteiger partial charge is 0.454 e. The molecular formula is C17H26N2O4. The average Bonchev–Trinajstić information content (AvgIpc) is 3.11. The molecule has 2 heterocycles. The predicted octanol–water partition coefficient (Wildman–Crippen LogP) is 1.97. The Hall–Kier alpha value is -1.59. The van der Waals surface area contributed by atoms with E-state index >= 15 is 0 Å². The zero-order valence-corrected chi connectivity index (χ0v) is 13.7. The van der Waals surface area contributed by atoms with Gasteiger partial charge in [0.1, 0.15) is 0 Å². The Morgan fingerprint density at radius 1 is 0.913 bits per heavy atom. The number of esters is 1. The van der Waals surface area contributed by atoms with Gasteiger partial charge in [0.2, 0.25) is 0 Å². The number of rotatable bonds is 2. The van der Waals surface area contributed by atoms with E-state index in [0.717, 1.165) is 51.6 Å². The highest BCUT2D eigenvalue weighted by molar-refractivity contribution is 5.86. The van der Waals surface area contributed by atoms with Gasteiger partial charge in [0.05, 0.1) is 5.92 Å². The molecule has 0 spiro atoms. The maximum absolute atomic E-state index is 12.5. The Labute approximate surface area is 137 Å². The highest BCUT2D eigenvalue weighted by atomic mass is 16.5. The molecule has 23 heavy (non-hydrogen) atoms. The van der Waals surface area contributed by atoms with Gasteiger partial charge in [-0.05, 0) is 44.9 Å². The Kier molecular flexibility index (Phi) is 5.18. The number of nitrogens with zero attached hydrogens (tertiary/aromatic N) is 2. The number of carbonyl (C=O) groups is 3. The minimum atomic E-state index is -0.555. The second-order valence-corrected chi connectivity index (χ2v) is 6.90. The molecule has 0 radical (unpaired) electrons. The molecule has 6 heteroatoms. The fourth-order valence-corrected chi connectivity index (χ4v) is 3.76. The SMILES string of the molecule is O=C(OC1CCCCC1=O)C1CCCN(C(=O)N2CCCC2)C1. The van der Waals surface area contributed by atoms with Crippen LogP contribution >= 0.6 is 0 Å². The second kappa shape index (κ2) is 7.32. The van der Waals surface area contributed by atoms with Gasteiger partial charge in [-0.25, -0.2) is 4.79 Å². The van der Waals surface area contributed by atoms with Gasteiger partial charge in [-0.15, -0.1) is 0 Å². The predicted molar refractivity (Wildman–Crippen MR) is 83.9 cm³/mol. The van der Waals surface area contributed by atoms with E-state index < -0.39 is 6.10 Å². The first-order chi connectivity index (χ1) is 11.1. The van der Waals surface area contributed by atoms with E-state index in [9.17, 15) is 14.4 Å². The highest BCUT2D eigenvalue weighted by Gasteiger charge is 2.34. The fraction of sp³-hybridized carbons (Fsp3) is 0.824. The van der Waals surface area contributed by atoms with Crippen LogP contribution in [0.25, 0.3) is 0 Å². The fourth-order valence-electron chi connectivity index (χ4n) is 3.76. The van der Waals surface area contributed by atoms with Crippen molar-refractivity contribution >= 4 is 17.8 Å². The topological polar surface area (TPSA) is 66.9 Å². The number of hydrogen-bond donors (Lipinski definition) is 0. The van der Waals surface area contributed by atoms with E-state index in [-0.39, 0.29) is 23.7 Å². The van der Waals surface area contributed by atoms with Crippen LogP contribution in [0.4, 0.5) is 4.79 Å².